The summed E-state index contributed by atoms with van der Waals surface area (Å²) in [5.41, 5.74) is 3.76. The molecule has 0 radical (unpaired) electrons. The van der Waals surface area contributed by atoms with Crippen LogP contribution < -0.4 is 0 Å². The van der Waals surface area contributed by atoms with Crippen LogP contribution in [0, 0.1) is 0 Å². The second-order valence-corrected chi connectivity index (χ2v) is 8.50. The summed E-state index contributed by atoms with van der Waals surface area (Å²) in [7, 11) is 0. The Morgan fingerprint density at radius 1 is 1.13 bits per heavy atom. The zero-order valence-electron chi connectivity index (χ0n) is 17.5. The van der Waals surface area contributed by atoms with Gasteiger partial charge in [0.2, 0.25) is 0 Å². The van der Waals surface area contributed by atoms with E-state index in [1.807, 2.05) is 69.6 Å². The maximum Gasteiger partial charge on any atom is 0.418 e. The van der Waals surface area contributed by atoms with Crippen molar-refractivity contribution in [3.05, 3.63) is 66.7 Å². The molecule has 1 N–H and O–H groups in total. The van der Waals surface area contributed by atoms with E-state index < -0.39 is 11.7 Å². The molecule has 4 heterocycles. The zero-order chi connectivity index (χ0) is 21.6. The third-order valence-electron chi connectivity index (χ3n) is 4.93. The average molecular weight is 414 g/mol. The molecule has 156 valence electrons. The Bertz CT molecular complexity index is 1400. The number of carbonyl (C=O) groups excluding carboxylic acids is 1. The van der Waals surface area contributed by atoms with Crippen molar-refractivity contribution in [3.63, 3.8) is 0 Å². The molecule has 1 aromatic carbocycles. The predicted molar refractivity (Wildman–Crippen MR) is 118 cm³/mol. The molecule has 8 heteroatoms. The molecule has 0 atom stereocenters. The molecular formula is C23H22N6O2. The number of nitrogens with zero attached hydrogens (tertiary/aromatic N) is 5. The highest BCUT2D eigenvalue weighted by Gasteiger charge is 2.19. The largest absolute Gasteiger partial charge is 0.443 e. The normalized spacial score (nSPS) is 12.0. The smallest absolute Gasteiger partial charge is 0.418 e. The lowest BCUT2D eigenvalue weighted by Gasteiger charge is -2.19. The summed E-state index contributed by atoms with van der Waals surface area (Å²) in [6.45, 7) is 6.09. The number of aromatic amines is 1. The number of hydrogen-bond donors (Lipinski definition) is 1. The van der Waals surface area contributed by atoms with Gasteiger partial charge in [0.1, 0.15) is 16.9 Å². The number of hydrogen-bond acceptors (Lipinski definition) is 5. The van der Waals surface area contributed by atoms with E-state index in [4.69, 9.17) is 4.74 Å². The molecule has 0 amide bonds. The van der Waals surface area contributed by atoms with E-state index in [0.29, 0.717) is 6.54 Å². The van der Waals surface area contributed by atoms with Crippen molar-refractivity contribution < 1.29 is 9.53 Å². The van der Waals surface area contributed by atoms with Crippen molar-refractivity contribution in [2.24, 2.45) is 0 Å². The van der Waals surface area contributed by atoms with Crippen molar-refractivity contribution in [1.82, 2.24) is 29.5 Å². The fourth-order valence-electron chi connectivity index (χ4n) is 3.52. The molecule has 0 unspecified atom stereocenters. The lowest BCUT2D eigenvalue weighted by atomic mass is 10.1. The number of benzene rings is 1. The molecular weight excluding hydrogens is 392 g/mol. The fraction of sp³-hybridized carbons (Fsp3) is 0.217. The first-order valence-electron chi connectivity index (χ1n) is 10.0. The standard InChI is InChI=1S/C23H22N6O2/c1-23(2,3)31-22(30)29-9-7-16-5-4-15(10-20(16)29)13-28-14-19(26-27-28)18-11-17-6-8-24-21(17)25-12-18/h4-12,14H,13H2,1-3H3,(H,24,25). The van der Waals surface area contributed by atoms with Crippen LogP contribution in [0.2, 0.25) is 0 Å². The van der Waals surface area contributed by atoms with Crippen LogP contribution in [0.4, 0.5) is 4.79 Å². The van der Waals surface area contributed by atoms with Crippen molar-refractivity contribution in [1.29, 1.82) is 0 Å². The van der Waals surface area contributed by atoms with Crippen LogP contribution in [-0.2, 0) is 11.3 Å². The topological polar surface area (TPSA) is 90.6 Å². The van der Waals surface area contributed by atoms with E-state index in [2.05, 4.69) is 20.3 Å². The van der Waals surface area contributed by atoms with Crippen LogP contribution in [0.1, 0.15) is 26.3 Å². The van der Waals surface area contributed by atoms with Crippen LogP contribution in [0.3, 0.4) is 0 Å². The maximum absolute atomic E-state index is 12.5. The van der Waals surface area contributed by atoms with Crippen molar-refractivity contribution in [2.45, 2.75) is 32.9 Å². The molecule has 0 fully saturated rings. The van der Waals surface area contributed by atoms with Gasteiger partial charge in [0.25, 0.3) is 0 Å². The van der Waals surface area contributed by atoms with Gasteiger partial charge < -0.3 is 9.72 Å². The van der Waals surface area contributed by atoms with Crippen LogP contribution in [-0.4, -0.2) is 41.2 Å². The Morgan fingerprint density at radius 3 is 2.84 bits per heavy atom. The summed E-state index contributed by atoms with van der Waals surface area (Å²) in [4.78, 5) is 20.0. The van der Waals surface area contributed by atoms with Gasteiger partial charge in [0, 0.05) is 34.9 Å². The molecule has 31 heavy (non-hydrogen) atoms. The van der Waals surface area contributed by atoms with E-state index in [9.17, 15) is 4.79 Å². The molecule has 0 aliphatic carbocycles. The van der Waals surface area contributed by atoms with Crippen LogP contribution in [0.25, 0.3) is 33.2 Å². The molecule has 0 aliphatic heterocycles. The van der Waals surface area contributed by atoms with Gasteiger partial charge in [-0.15, -0.1) is 5.10 Å². The lowest BCUT2D eigenvalue weighted by Crippen LogP contribution is -2.26. The number of fused-ring (bicyclic) bond motifs is 2. The Hall–Kier alpha value is -3.94. The zero-order valence-corrected chi connectivity index (χ0v) is 17.5. The monoisotopic (exact) mass is 414 g/mol. The molecule has 5 aromatic rings. The highest BCUT2D eigenvalue weighted by Crippen LogP contribution is 2.22. The Kier molecular flexibility index (Phi) is 4.35. The van der Waals surface area contributed by atoms with Gasteiger partial charge in [0.05, 0.1) is 18.3 Å². The van der Waals surface area contributed by atoms with Gasteiger partial charge in [-0.3, -0.25) is 4.57 Å². The third kappa shape index (κ3) is 3.79. The van der Waals surface area contributed by atoms with Gasteiger partial charge in [-0.05, 0) is 50.6 Å². The minimum Gasteiger partial charge on any atom is -0.443 e. The molecule has 0 spiro atoms. The molecule has 4 aromatic heterocycles. The minimum absolute atomic E-state index is 0.393. The SMILES string of the molecule is CC(C)(C)OC(=O)n1ccc2ccc(Cn3cc(-c4cnc5[nH]ccc5c4)nn3)cc21. The molecule has 0 saturated heterocycles. The number of H-pyrrole nitrogens is 1. The first-order chi connectivity index (χ1) is 14.9. The van der Waals surface area contributed by atoms with Crippen LogP contribution in [0.5, 0.6) is 0 Å². The maximum atomic E-state index is 12.5. The summed E-state index contributed by atoms with van der Waals surface area (Å²) in [5.74, 6) is 0. The Labute approximate surface area is 178 Å². The second-order valence-electron chi connectivity index (χ2n) is 8.50. The first kappa shape index (κ1) is 19.0. The molecule has 0 saturated carbocycles. The van der Waals surface area contributed by atoms with E-state index >= 15 is 0 Å². The van der Waals surface area contributed by atoms with Gasteiger partial charge in [-0.1, -0.05) is 17.3 Å². The number of rotatable bonds is 3. The summed E-state index contributed by atoms with van der Waals surface area (Å²) < 4.78 is 8.83. The second kappa shape index (κ2) is 7.09. The third-order valence-corrected chi connectivity index (χ3v) is 4.93. The number of ether oxygens (including phenoxy) is 1. The van der Waals surface area contributed by atoms with E-state index in [1.54, 1.807) is 17.1 Å². The van der Waals surface area contributed by atoms with Gasteiger partial charge in [0.15, 0.2) is 0 Å². The van der Waals surface area contributed by atoms with Crippen molar-refractivity contribution in [3.8, 4) is 11.3 Å². The van der Waals surface area contributed by atoms with Gasteiger partial charge >= 0.3 is 6.09 Å². The summed E-state index contributed by atoms with van der Waals surface area (Å²) in [6.07, 6.45) is 6.89. The van der Waals surface area contributed by atoms with E-state index in [1.165, 1.54) is 4.57 Å². The number of aromatic nitrogens is 6. The quantitative estimate of drug-likeness (QED) is 0.466. The highest BCUT2D eigenvalue weighted by atomic mass is 16.6. The fourth-order valence-corrected chi connectivity index (χ4v) is 3.52. The van der Waals surface area contributed by atoms with Crippen molar-refractivity contribution in [2.75, 3.05) is 0 Å². The van der Waals surface area contributed by atoms with Gasteiger partial charge in [-0.25, -0.2) is 14.5 Å². The average Bonchev–Trinajstić information content (AvgIpc) is 3.45. The Morgan fingerprint density at radius 2 is 2.00 bits per heavy atom. The molecule has 8 nitrogen and oxygen atoms in total. The van der Waals surface area contributed by atoms with Gasteiger partial charge in [-0.2, -0.15) is 0 Å². The molecule has 5 rings (SSSR count). The summed E-state index contributed by atoms with van der Waals surface area (Å²) in [5, 5.41) is 10.6. The number of carbonyl (C=O) groups is 1. The van der Waals surface area contributed by atoms with E-state index in [-0.39, 0.29) is 0 Å². The number of nitrogens with one attached hydrogen (secondary N) is 1. The van der Waals surface area contributed by atoms with E-state index in [0.717, 1.165) is 38.8 Å². The van der Waals surface area contributed by atoms with Crippen LogP contribution >= 0.6 is 0 Å². The number of pyridine rings is 1. The molecule has 0 aliphatic rings. The Balaban J connectivity index is 1.40. The highest BCUT2D eigenvalue weighted by molar-refractivity contribution is 5.90. The first-order valence-corrected chi connectivity index (χ1v) is 10.0. The minimum atomic E-state index is -0.555. The molecule has 0 bridgehead atoms. The van der Waals surface area contributed by atoms with Crippen LogP contribution in [0.15, 0.2) is 61.2 Å². The summed E-state index contributed by atoms with van der Waals surface area (Å²) >= 11 is 0. The van der Waals surface area contributed by atoms with Crippen molar-refractivity contribution >= 4 is 28.0 Å². The summed E-state index contributed by atoms with van der Waals surface area (Å²) in [6, 6.07) is 11.9. The lowest BCUT2D eigenvalue weighted by molar-refractivity contribution is 0.0544. The predicted octanol–water partition coefficient (Wildman–Crippen LogP) is 4.61.